The second-order valence-electron chi connectivity index (χ2n) is 6.70. The molecule has 0 saturated heterocycles. The third kappa shape index (κ3) is 2.08. The van der Waals surface area contributed by atoms with Gasteiger partial charge in [0.1, 0.15) is 0 Å². The van der Waals surface area contributed by atoms with E-state index in [2.05, 4.69) is 43.4 Å². The number of hydrogen-bond donors (Lipinski definition) is 2. The Balaban J connectivity index is 1.70. The van der Waals surface area contributed by atoms with Crippen molar-refractivity contribution in [1.82, 2.24) is 5.32 Å². The molecule has 0 spiro atoms. The van der Waals surface area contributed by atoms with E-state index in [-0.39, 0.29) is 6.10 Å². The summed E-state index contributed by atoms with van der Waals surface area (Å²) >= 11 is 0. The van der Waals surface area contributed by atoms with Crippen LogP contribution in [0.25, 0.3) is 0 Å². The van der Waals surface area contributed by atoms with Crippen LogP contribution in [0.15, 0.2) is 24.3 Å². The molecule has 1 aromatic rings. The summed E-state index contributed by atoms with van der Waals surface area (Å²) in [5.74, 6) is 0.670. The molecule has 1 saturated carbocycles. The molecule has 2 aliphatic carbocycles. The topological polar surface area (TPSA) is 32.3 Å². The van der Waals surface area contributed by atoms with Crippen molar-refractivity contribution in [2.24, 2.45) is 11.3 Å². The van der Waals surface area contributed by atoms with Gasteiger partial charge < -0.3 is 10.4 Å². The second kappa shape index (κ2) is 4.36. The molecule has 0 aliphatic heterocycles. The number of fused-ring (bicyclic) bond motifs is 1. The average molecular weight is 245 g/mol. The number of nitrogens with one attached hydrogen (secondary N) is 1. The molecule has 0 bridgehead atoms. The first-order valence-electron chi connectivity index (χ1n) is 7.05. The minimum Gasteiger partial charge on any atom is -0.393 e. The van der Waals surface area contributed by atoms with Crippen LogP contribution in [0.3, 0.4) is 0 Å². The van der Waals surface area contributed by atoms with Crippen molar-refractivity contribution >= 4 is 0 Å². The van der Waals surface area contributed by atoms with Crippen LogP contribution in [-0.4, -0.2) is 17.8 Å². The number of rotatable bonds is 3. The van der Waals surface area contributed by atoms with Crippen LogP contribution in [0.1, 0.15) is 43.9 Å². The van der Waals surface area contributed by atoms with Gasteiger partial charge in [0.05, 0.1) is 6.10 Å². The molecular formula is C16H23NO. The van der Waals surface area contributed by atoms with E-state index in [1.165, 1.54) is 11.1 Å². The Labute approximate surface area is 109 Å². The predicted octanol–water partition coefficient (Wildman–Crippen LogP) is 2.67. The third-order valence-corrected chi connectivity index (χ3v) is 4.62. The molecule has 1 unspecified atom stereocenters. The largest absolute Gasteiger partial charge is 0.393 e. The predicted molar refractivity (Wildman–Crippen MR) is 73.4 cm³/mol. The van der Waals surface area contributed by atoms with Gasteiger partial charge in [0, 0.05) is 6.04 Å². The summed E-state index contributed by atoms with van der Waals surface area (Å²) in [4.78, 5) is 0. The molecule has 18 heavy (non-hydrogen) atoms. The molecule has 0 aromatic heterocycles. The molecule has 0 radical (unpaired) electrons. The highest BCUT2D eigenvalue weighted by Crippen LogP contribution is 2.45. The molecule has 98 valence electrons. The first-order chi connectivity index (χ1) is 8.56. The van der Waals surface area contributed by atoms with E-state index in [1.807, 2.05) is 0 Å². The Morgan fingerprint density at radius 2 is 2.00 bits per heavy atom. The van der Waals surface area contributed by atoms with Gasteiger partial charge in [-0.05, 0) is 48.3 Å². The Hall–Kier alpha value is -0.860. The lowest BCUT2D eigenvalue weighted by atomic mass is 9.81. The summed E-state index contributed by atoms with van der Waals surface area (Å²) < 4.78 is 0. The van der Waals surface area contributed by atoms with Crippen molar-refractivity contribution in [2.75, 3.05) is 6.54 Å². The molecule has 0 amide bonds. The van der Waals surface area contributed by atoms with Crippen LogP contribution in [0.5, 0.6) is 0 Å². The first kappa shape index (κ1) is 12.2. The SMILES string of the molecule is CC1(C)Cc2ccccc2C1NCC1CC(O)C1. The van der Waals surface area contributed by atoms with Crippen LogP contribution in [0, 0.1) is 11.3 Å². The Kier molecular flexibility index (Phi) is 2.95. The van der Waals surface area contributed by atoms with E-state index in [0.29, 0.717) is 17.4 Å². The van der Waals surface area contributed by atoms with Crippen LogP contribution >= 0.6 is 0 Å². The van der Waals surface area contributed by atoms with E-state index in [0.717, 1.165) is 25.8 Å². The molecule has 1 atom stereocenters. The molecule has 1 fully saturated rings. The van der Waals surface area contributed by atoms with Gasteiger partial charge in [0.2, 0.25) is 0 Å². The molecule has 0 heterocycles. The maximum absolute atomic E-state index is 9.34. The second-order valence-corrected chi connectivity index (χ2v) is 6.70. The lowest BCUT2D eigenvalue weighted by Gasteiger charge is -2.35. The van der Waals surface area contributed by atoms with Gasteiger partial charge >= 0.3 is 0 Å². The average Bonchev–Trinajstić information content (AvgIpc) is 2.53. The maximum Gasteiger partial charge on any atom is 0.0546 e. The Morgan fingerprint density at radius 1 is 1.28 bits per heavy atom. The monoisotopic (exact) mass is 245 g/mol. The molecule has 2 nitrogen and oxygen atoms in total. The molecule has 1 aromatic carbocycles. The molecule has 3 rings (SSSR count). The zero-order valence-corrected chi connectivity index (χ0v) is 11.3. The Morgan fingerprint density at radius 3 is 2.72 bits per heavy atom. The van der Waals surface area contributed by atoms with Gasteiger partial charge in [-0.15, -0.1) is 0 Å². The van der Waals surface area contributed by atoms with E-state index >= 15 is 0 Å². The van der Waals surface area contributed by atoms with Crippen LogP contribution in [0.2, 0.25) is 0 Å². The van der Waals surface area contributed by atoms with E-state index in [1.54, 1.807) is 0 Å². The fourth-order valence-electron chi connectivity index (χ4n) is 3.53. The molecule has 2 heteroatoms. The van der Waals surface area contributed by atoms with Gasteiger partial charge in [0.25, 0.3) is 0 Å². The number of benzene rings is 1. The molecule has 2 aliphatic rings. The fourth-order valence-corrected chi connectivity index (χ4v) is 3.53. The van der Waals surface area contributed by atoms with E-state index < -0.39 is 0 Å². The number of aliphatic hydroxyl groups is 1. The van der Waals surface area contributed by atoms with Crippen molar-refractivity contribution < 1.29 is 5.11 Å². The first-order valence-corrected chi connectivity index (χ1v) is 7.05. The highest BCUT2D eigenvalue weighted by molar-refractivity contribution is 5.37. The van der Waals surface area contributed by atoms with E-state index in [9.17, 15) is 5.11 Å². The van der Waals surface area contributed by atoms with Gasteiger partial charge in [-0.2, -0.15) is 0 Å². The number of hydrogen-bond acceptors (Lipinski definition) is 2. The van der Waals surface area contributed by atoms with E-state index in [4.69, 9.17) is 0 Å². The lowest BCUT2D eigenvalue weighted by molar-refractivity contribution is 0.0398. The van der Waals surface area contributed by atoms with Gasteiger partial charge in [-0.1, -0.05) is 38.1 Å². The van der Waals surface area contributed by atoms with Crippen molar-refractivity contribution in [3.05, 3.63) is 35.4 Å². The normalized spacial score (nSPS) is 32.9. The molecule has 2 N–H and O–H groups in total. The van der Waals surface area contributed by atoms with Crippen molar-refractivity contribution in [3.63, 3.8) is 0 Å². The highest BCUT2D eigenvalue weighted by Gasteiger charge is 2.39. The van der Waals surface area contributed by atoms with Crippen molar-refractivity contribution in [2.45, 2.75) is 45.3 Å². The summed E-state index contributed by atoms with van der Waals surface area (Å²) in [6.45, 7) is 5.74. The fraction of sp³-hybridized carbons (Fsp3) is 0.625. The zero-order chi connectivity index (χ0) is 12.8. The number of aliphatic hydroxyl groups excluding tert-OH is 1. The van der Waals surface area contributed by atoms with Crippen LogP contribution < -0.4 is 5.32 Å². The summed E-state index contributed by atoms with van der Waals surface area (Å²) in [5.41, 5.74) is 3.27. The van der Waals surface area contributed by atoms with Crippen molar-refractivity contribution in [3.8, 4) is 0 Å². The smallest absolute Gasteiger partial charge is 0.0546 e. The quantitative estimate of drug-likeness (QED) is 0.858. The van der Waals surface area contributed by atoms with Crippen LogP contribution in [-0.2, 0) is 6.42 Å². The zero-order valence-electron chi connectivity index (χ0n) is 11.3. The lowest BCUT2D eigenvalue weighted by Crippen LogP contribution is -2.40. The minimum atomic E-state index is -0.0410. The molecular weight excluding hydrogens is 222 g/mol. The highest BCUT2D eigenvalue weighted by atomic mass is 16.3. The van der Waals surface area contributed by atoms with Gasteiger partial charge in [-0.3, -0.25) is 0 Å². The standard InChI is InChI=1S/C16H23NO/c1-16(2)9-12-5-3-4-6-14(12)15(16)17-10-11-7-13(18)8-11/h3-6,11,13,15,17-18H,7-10H2,1-2H3. The summed E-state index contributed by atoms with van der Waals surface area (Å²) in [6, 6.07) is 9.26. The minimum absolute atomic E-state index is 0.0410. The summed E-state index contributed by atoms with van der Waals surface area (Å²) in [6.07, 6.45) is 3.07. The summed E-state index contributed by atoms with van der Waals surface area (Å²) in [7, 11) is 0. The van der Waals surface area contributed by atoms with Gasteiger partial charge in [-0.25, -0.2) is 0 Å². The van der Waals surface area contributed by atoms with Crippen molar-refractivity contribution in [1.29, 1.82) is 0 Å². The third-order valence-electron chi connectivity index (χ3n) is 4.62. The summed E-state index contributed by atoms with van der Waals surface area (Å²) in [5, 5.41) is 13.1. The maximum atomic E-state index is 9.34. The Bertz CT molecular complexity index is 434. The van der Waals surface area contributed by atoms with Crippen LogP contribution in [0.4, 0.5) is 0 Å². The van der Waals surface area contributed by atoms with Gasteiger partial charge in [0.15, 0.2) is 0 Å².